The van der Waals surface area contributed by atoms with Gasteiger partial charge in [-0.25, -0.2) is 0 Å². The third-order valence-electron chi connectivity index (χ3n) is 1.42. The number of aromatic nitrogens is 1. The molecule has 0 aliphatic heterocycles. The first-order valence-corrected chi connectivity index (χ1v) is 4.18. The van der Waals surface area contributed by atoms with Crippen LogP contribution in [-0.2, 0) is 0 Å². The molecule has 1 rings (SSSR count). The fourth-order valence-corrected chi connectivity index (χ4v) is 0.448. The van der Waals surface area contributed by atoms with Gasteiger partial charge in [0.15, 0.2) is 0 Å². The van der Waals surface area contributed by atoms with Crippen molar-refractivity contribution in [1.82, 2.24) is 4.98 Å². The Morgan fingerprint density at radius 1 is 1.50 bits per heavy atom. The Bertz CT molecular complexity index is 214. The Morgan fingerprint density at radius 2 is 2.08 bits per heavy atom. The zero-order valence-electron chi connectivity index (χ0n) is 8.17. The predicted molar refractivity (Wildman–Crippen MR) is 54.1 cm³/mol. The Labute approximate surface area is 75.2 Å². The molecule has 12 heavy (non-hydrogen) atoms. The largest absolute Gasteiger partial charge is 0.262 e. The summed E-state index contributed by atoms with van der Waals surface area (Å²) in [5.41, 5.74) is 2.33. The molecule has 0 amide bonds. The quantitative estimate of drug-likeness (QED) is 0.578. The van der Waals surface area contributed by atoms with Gasteiger partial charge in [0.1, 0.15) is 0 Å². The van der Waals surface area contributed by atoms with Gasteiger partial charge >= 0.3 is 0 Å². The Kier molecular flexibility index (Phi) is 5.98. The minimum atomic E-state index is 1.07. The highest BCUT2D eigenvalue weighted by atomic mass is 14.6. The van der Waals surface area contributed by atoms with E-state index in [0.29, 0.717) is 0 Å². The number of allylic oxidation sites excluding steroid dienone is 1. The van der Waals surface area contributed by atoms with Gasteiger partial charge in [-0.1, -0.05) is 18.6 Å². The van der Waals surface area contributed by atoms with Crippen LogP contribution in [0.15, 0.2) is 36.5 Å². The summed E-state index contributed by atoms with van der Waals surface area (Å²) in [6.07, 6.45) is 2.90. The van der Waals surface area contributed by atoms with E-state index < -0.39 is 0 Å². The molecule has 1 aromatic rings. The highest BCUT2D eigenvalue weighted by Gasteiger charge is 1.73. The third-order valence-corrected chi connectivity index (χ3v) is 1.42. The molecule has 1 nitrogen and oxygen atoms in total. The van der Waals surface area contributed by atoms with Crippen LogP contribution in [0.5, 0.6) is 0 Å². The maximum absolute atomic E-state index is 3.98. The second-order valence-corrected chi connectivity index (χ2v) is 2.78. The monoisotopic (exact) mass is 163 g/mol. The first kappa shape index (κ1) is 10.9. The molecule has 0 atom stereocenters. The number of rotatable bonds is 1. The zero-order valence-corrected chi connectivity index (χ0v) is 8.17. The van der Waals surface area contributed by atoms with E-state index in [4.69, 9.17) is 0 Å². The van der Waals surface area contributed by atoms with Crippen molar-refractivity contribution in [2.75, 3.05) is 0 Å². The molecule has 0 spiro atoms. The molecule has 0 saturated heterocycles. The van der Waals surface area contributed by atoms with Gasteiger partial charge in [0.2, 0.25) is 0 Å². The van der Waals surface area contributed by atoms with Crippen molar-refractivity contribution in [2.24, 2.45) is 0 Å². The summed E-state index contributed by atoms with van der Waals surface area (Å²) in [6.45, 7) is 9.77. The summed E-state index contributed by atoms with van der Waals surface area (Å²) in [5.74, 6) is 0. The van der Waals surface area contributed by atoms with Crippen molar-refractivity contribution in [3.8, 4) is 0 Å². The van der Waals surface area contributed by atoms with E-state index in [9.17, 15) is 0 Å². The van der Waals surface area contributed by atoms with Gasteiger partial charge in [0, 0.05) is 11.9 Å². The van der Waals surface area contributed by atoms with Gasteiger partial charge in [-0.3, -0.25) is 4.98 Å². The zero-order chi connectivity index (χ0) is 9.40. The Morgan fingerprint density at radius 3 is 2.25 bits per heavy atom. The summed E-state index contributed by atoms with van der Waals surface area (Å²) in [7, 11) is 0. The smallest absolute Gasteiger partial charge is 0.0372 e. The van der Waals surface area contributed by atoms with Crippen LogP contribution in [-0.4, -0.2) is 4.98 Å². The van der Waals surface area contributed by atoms with E-state index >= 15 is 0 Å². The second-order valence-electron chi connectivity index (χ2n) is 2.78. The van der Waals surface area contributed by atoms with Crippen LogP contribution >= 0.6 is 0 Å². The van der Waals surface area contributed by atoms with Crippen LogP contribution in [0.1, 0.15) is 26.0 Å². The first-order chi connectivity index (χ1) is 5.66. The molecule has 0 N–H and O–H groups in total. The molecule has 0 aromatic carbocycles. The van der Waals surface area contributed by atoms with Crippen LogP contribution in [0.2, 0.25) is 0 Å². The predicted octanol–water partition coefficient (Wildman–Crippen LogP) is 3.36. The van der Waals surface area contributed by atoms with Gasteiger partial charge in [-0.15, -0.1) is 6.58 Å². The van der Waals surface area contributed by atoms with E-state index in [1.807, 2.05) is 32.0 Å². The lowest BCUT2D eigenvalue weighted by molar-refractivity contribution is 1.11. The number of hydrogen-bond donors (Lipinski definition) is 0. The van der Waals surface area contributed by atoms with Crippen molar-refractivity contribution in [1.29, 1.82) is 0 Å². The van der Waals surface area contributed by atoms with Crippen molar-refractivity contribution in [3.05, 3.63) is 42.2 Å². The topological polar surface area (TPSA) is 12.9 Å². The molecule has 1 heterocycles. The maximum atomic E-state index is 3.98. The van der Waals surface area contributed by atoms with Crippen LogP contribution < -0.4 is 0 Å². The summed E-state index contributed by atoms with van der Waals surface area (Å²) >= 11 is 0. The van der Waals surface area contributed by atoms with Crippen molar-refractivity contribution >= 4 is 0 Å². The van der Waals surface area contributed by atoms with E-state index in [1.54, 1.807) is 6.20 Å². The number of pyridine rings is 1. The van der Waals surface area contributed by atoms with Gasteiger partial charge in [0.05, 0.1) is 0 Å². The fraction of sp³-hybridized carbons (Fsp3) is 0.364. The van der Waals surface area contributed by atoms with E-state index in [1.165, 1.54) is 5.57 Å². The SMILES string of the molecule is C=C(C)CC.Cc1ccccn1. The molecule has 0 saturated carbocycles. The maximum Gasteiger partial charge on any atom is 0.0372 e. The average Bonchev–Trinajstić information content (AvgIpc) is 2.07. The molecule has 66 valence electrons. The molecule has 0 fully saturated rings. The van der Waals surface area contributed by atoms with Gasteiger partial charge in [-0.2, -0.15) is 0 Å². The van der Waals surface area contributed by atoms with E-state index in [-0.39, 0.29) is 0 Å². The molecular formula is C11H17N. The lowest BCUT2D eigenvalue weighted by Crippen LogP contribution is -1.72. The van der Waals surface area contributed by atoms with Gasteiger partial charge in [-0.05, 0) is 32.4 Å². The highest BCUT2D eigenvalue weighted by Crippen LogP contribution is 1.88. The van der Waals surface area contributed by atoms with Gasteiger partial charge in [0.25, 0.3) is 0 Å². The number of nitrogens with zero attached hydrogens (tertiary/aromatic N) is 1. The number of hydrogen-bond acceptors (Lipinski definition) is 1. The fourth-order valence-electron chi connectivity index (χ4n) is 0.448. The summed E-state index contributed by atoms with van der Waals surface area (Å²) in [6, 6.07) is 5.86. The van der Waals surface area contributed by atoms with Crippen LogP contribution in [0.25, 0.3) is 0 Å². The van der Waals surface area contributed by atoms with Crippen molar-refractivity contribution in [2.45, 2.75) is 27.2 Å². The molecule has 0 radical (unpaired) electrons. The molecule has 1 heteroatoms. The van der Waals surface area contributed by atoms with E-state index in [2.05, 4.69) is 18.5 Å². The Balaban J connectivity index is 0.000000217. The molecule has 0 aliphatic rings. The van der Waals surface area contributed by atoms with Crippen LogP contribution in [0, 0.1) is 6.92 Å². The molecule has 1 aromatic heterocycles. The average molecular weight is 163 g/mol. The third kappa shape index (κ3) is 7.00. The van der Waals surface area contributed by atoms with Crippen LogP contribution in [0.3, 0.4) is 0 Å². The molecular weight excluding hydrogens is 146 g/mol. The first-order valence-electron chi connectivity index (χ1n) is 4.18. The summed E-state index contributed by atoms with van der Waals surface area (Å²) in [4.78, 5) is 3.98. The number of aryl methyl sites for hydroxylation is 1. The summed E-state index contributed by atoms with van der Waals surface area (Å²) in [5, 5.41) is 0. The molecule has 0 bridgehead atoms. The molecule has 0 aliphatic carbocycles. The molecule has 0 unspecified atom stereocenters. The standard InChI is InChI=1S/C6H7N.C5H10/c1-6-4-2-3-5-7-6;1-4-5(2)3/h2-5H,1H3;2,4H2,1,3H3. The van der Waals surface area contributed by atoms with Crippen molar-refractivity contribution in [3.63, 3.8) is 0 Å². The minimum Gasteiger partial charge on any atom is -0.262 e. The van der Waals surface area contributed by atoms with E-state index in [0.717, 1.165) is 12.1 Å². The lowest BCUT2D eigenvalue weighted by atomic mass is 10.3. The van der Waals surface area contributed by atoms with Crippen LogP contribution in [0.4, 0.5) is 0 Å². The lowest BCUT2D eigenvalue weighted by Gasteiger charge is -1.82. The van der Waals surface area contributed by atoms with Crippen molar-refractivity contribution < 1.29 is 0 Å². The highest BCUT2D eigenvalue weighted by molar-refractivity contribution is 4.99. The van der Waals surface area contributed by atoms with Gasteiger partial charge < -0.3 is 0 Å². The second kappa shape index (κ2) is 6.59. The summed E-state index contributed by atoms with van der Waals surface area (Å²) < 4.78 is 0. The minimum absolute atomic E-state index is 1.07. The normalized spacial score (nSPS) is 8.25. The Hall–Kier alpha value is -1.11.